The number of aromatic nitrogens is 1. The normalized spacial score (nSPS) is 11.4. The van der Waals surface area contributed by atoms with E-state index >= 15 is 0 Å². The summed E-state index contributed by atoms with van der Waals surface area (Å²) in [5.41, 5.74) is 1.48. The molecule has 1 aromatic heterocycles. The van der Waals surface area contributed by atoms with Gasteiger partial charge in [-0.15, -0.1) is 11.3 Å². The molecule has 0 radical (unpaired) electrons. The first-order valence-corrected chi connectivity index (χ1v) is 9.69. The summed E-state index contributed by atoms with van der Waals surface area (Å²) in [4.78, 5) is 4.04. The topological polar surface area (TPSA) is 68.3 Å². The van der Waals surface area contributed by atoms with E-state index in [1.165, 1.54) is 29.5 Å². The molecule has 3 rings (SSSR count). The third-order valence-electron chi connectivity index (χ3n) is 3.46. The zero-order valence-corrected chi connectivity index (χ0v) is 14.9. The molecule has 0 aliphatic rings. The number of hydrogen-bond acceptors (Lipinski definition) is 5. The lowest BCUT2D eigenvalue weighted by atomic mass is 10.2. The number of methoxy groups -OCH3 is 1. The SMILES string of the molecule is COc1ccc(-c2nc(CNS(=O)(=O)c3ccccc3F)cs2)cc1. The predicted octanol–water partition coefficient (Wildman–Crippen LogP) is 3.44. The van der Waals surface area contributed by atoms with Gasteiger partial charge in [0.1, 0.15) is 21.5 Å². The van der Waals surface area contributed by atoms with E-state index in [4.69, 9.17) is 4.74 Å². The highest BCUT2D eigenvalue weighted by Crippen LogP contribution is 2.26. The number of thiazole rings is 1. The minimum Gasteiger partial charge on any atom is -0.497 e. The minimum atomic E-state index is -3.93. The first-order valence-electron chi connectivity index (χ1n) is 7.32. The summed E-state index contributed by atoms with van der Waals surface area (Å²) in [6.07, 6.45) is 0. The van der Waals surface area contributed by atoms with E-state index in [-0.39, 0.29) is 11.4 Å². The van der Waals surface area contributed by atoms with Crippen molar-refractivity contribution in [3.63, 3.8) is 0 Å². The Kier molecular flexibility index (Phi) is 5.12. The molecule has 25 heavy (non-hydrogen) atoms. The van der Waals surface area contributed by atoms with Crippen molar-refractivity contribution in [2.45, 2.75) is 11.4 Å². The maximum absolute atomic E-state index is 13.7. The smallest absolute Gasteiger partial charge is 0.243 e. The molecular weight excluding hydrogens is 363 g/mol. The summed E-state index contributed by atoms with van der Waals surface area (Å²) in [7, 11) is -2.34. The van der Waals surface area contributed by atoms with Gasteiger partial charge in [-0.1, -0.05) is 12.1 Å². The lowest BCUT2D eigenvalue weighted by Crippen LogP contribution is -2.24. The predicted molar refractivity (Wildman–Crippen MR) is 94.5 cm³/mol. The van der Waals surface area contributed by atoms with Crippen molar-refractivity contribution in [3.05, 3.63) is 65.4 Å². The maximum atomic E-state index is 13.7. The Morgan fingerprint density at radius 3 is 2.56 bits per heavy atom. The van der Waals surface area contributed by atoms with Gasteiger partial charge in [0.2, 0.25) is 10.0 Å². The Morgan fingerprint density at radius 1 is 1.16 bits per heavy atom. The standard InChI is InChI=1S/C17H15FN2O3S2/c1-23-14-8-6-12(7-9-14)17-20-13(11-24-17)10-19-25(21,22)16-5-3-2-4-15(16)18/h2-9,11,19H,10H2,1H3. The quantitative estimate of drug-likeness (QED) is 0.713. The molecule has 8 heteroatoms. The zero-order valence-electron chi connectivity index (χ0n) is 13.3. The fourth-order valence-corrected chi connectivity index (χ4v) is 4.07. The van der Waals surface area contributed by atoms with E-state index in [2.05, 4.69) is 9.71 Å². The van der Waals surface area contributed by atoms with Gasteiger partial charge in [-0.05, 0) is 36.4 Å². The van der Waals surface area contributed by atoms with Crippen molar-refractivity contribution in [3.8, 4) is 16.3 Å². The highest BCUT2D eigenvalue weighted by molar-refractivity contribution is 7.89. The average molecular weight is 378 g/mol. The van der Waals surface area contributed by atoms with Crippen molar-refractivity contribution in [1.82, 2.24) is 9.71 Å². The lowest BCUT2D eigenvalue weighted by molar-refractivity contribution is 0.415. The number of sulfonamides is 1. The minimum absolute atomic E-state index is 0.0106. The zero-order chi connectivity index (χ0) is 17.9. The van der Waals surface area contributed by atoms with Crippen LogP contribution in [0.5, 0.6) is 5.75 Å². The van der Waals surface area contributed by atoms with Crippen LogP contribution in [0.1, 0.15) is 5.69 Å². The van der Waals surface area contributed by atoms with E-state index < -0.39 is 15.8 Å². The van der Waals surface area contributed by atoms with Crippen molar-refractivity contribution >= 4 is 21.4 Å². The molecule has 5 nitrogen and oxygen atoms in total. The molecule has 2 aromatic carbocycles. The fraction of sp³-hybridized carbons (Fsp3) is 0.118. The summed E-state index contributed by atoms with van der Waals surface area (Å²) in [5.74, 6) is -0.0367. The molecule has 0 bridgehead atoms. The van der Waals surface area contributed by atoms with Gasteiger partial charge in [-0.3, -0.25) is 0 Å². The van der Waals surface area contributed by atoms with Crippen molar-refractivity contribution in [2.75, 3.05) is 7.11 Å². The van der Waals surface area contributed by atoms with Crippen LogP contribution >= 0.6 is 11.3 Å². The van der Waals surface area contributed by atoms with E-state index in [1.54, 1.807) is 12.5 Å². The van der Waals surface area contributed by atoms with Gasteiger partial charge in [0.05, 0.1) is 19.3 Å². The van der Waals surface area contributed by atoms with E-state index in [1.807, 2.05) is 24.3 Å². The number of nitrogens with zero attached hydrogens (tertiary/aromatic N) is 1. The maximum Gasteiger partial charge on any atom is 0.243 e. The van der Waals surface area contributed by atoms with Crippen molar-refractivity contribution < 1.29 is 17.5 Å². The van der Waals surface area contributed by atoms with Crippen molar-refractivity contribution in [1.29, 1.82) is 0 Å². The van der Waals surface area contributed by atoms with Gasteiger partial charge in [-0.25, -0.2) is 22.5 Å². The summed E-state index contributed by atoms with van der Waals surface area (Å²) in [6.45, 7) is -0.0106. The number of ether oxygens (including phenoxy) is 1. The van der Waals surface area contributed by atoms with E-state index in [9.17, 15) is 12.8 Å². The summed E-state index contributed by atoms with van der Waals surface area (Å²) < 4.78 is 45.5. The molecule has 0 spiro atoms. The van der Waals surface area contributed by atoms with Gasteiger partial charge in [-0.2, -0.15) is 0 Å². The van der Waals surface area contributed by atoms with Gasteiger partial charge >= 0.3 is 0 Å². The second kappa shape index (κ2) is 7.30. The number of benzene rings is 2. The van der Waals surface area contributed by atoms with Crippen LogP contribution in [0.3, 0.4) is 0 Å². The third kappa shape index (κ3) is 4.04. The van der Waals surface area contributed by atoms with Gasteiger partial charge in [0.25, 0.3) is 0 Å². The summed E-state index contributed by atoms with van der Waals surface area (Å²) in [5, 5.41) is 2.53. The Bertz CT molecular complexity index is 970. The second-order valence-electron chi connectivity index (χ2n) is 5.13. The lowest BCUT2D eigenvalue weighted by Gasteiger charge is -2.06. The molecule has 0 unspecified atom stereocenters. The molecule has 3 aromatic rings. The van der Waals surface area contributed by atoms with Gasteiger partial charge < -0.3 is 4.74 Å². The van der Waals surface area contributed by atoms with E-state index in [0.29, 0.717) is 5.69 Å². The number of hydrogen-bond donors (Lipinski definition) is 1. The van der Waals surface area contributed by atoms with Crippen LogP contribution in [0.4, 0.5) is 4.39 Å². The number of rotatable bonds is 6. The Balaban J connectivity index is 1.72. The first kappa shape index (κ1) is 17.5. The van der Waals surface area contributed by atoms with Gasteiger partial charge in [0, 0.05) is 10.9 Å². The molecule has 0 aliphatic heterocycles. The van der Waals surface area contributed by atoms with Crippen LogP contribution in [0.25, 0.3) is 10.6 Å². The molecule has 1 heterocycles. The molecule has 0 fully saturated rings. The van der Waals surface area contributed by atoms with Crippen LogP contribution < -0.4 is 9.46 Å². The molecular formula is C17H15FN2O3S2. The van der Waals surface area contributed by atoms with Crippen LogP contribution in [-0.4, -0.2) is 20.5 Å². The van der Waals surface area contributed by atoms with Crippen LogP contribution in [0, 0.1) is 5.82 Å². The third-order valence-corrected chi connectivity index (χ3v) is 5.83. The summed E-state index contributed by atoms with van der Waals surface area (Å²) >= 11 is 1.40. The second-order valence-corrected chi connectivity index (χ2v) is 7.72. The van der Waals surface area contributed by atoms with Gasteiger partial charge in [0.15, 0.2) is 0 Å². The highest BCUT2D eigenvalue weighted by atomic mass is 32.2. The molecule has 0 atom stereocenters. The Morgan fingerprint density at radius 2 is 1.88 bits per heavy atom. The Labute approximate surface area is 149 Å². The summed E-state index contributed by atoms with van der Waals surface area (Å²) in [6, 6.07) is 12.7. The Hall–Kier alpha value is -2.29. The molecule has 0 aliphatic carbocycles. The molecule has 130 valence electrons. The average Bonchev–Trinajstić information content (AvgIpc) is 3.09. The molecule has 0 amide bonds. The van der Waals surface area contributed by atoms with Crippen LogP contribution in [-0.2, 0) is 16.6 Å². The van der Waals surface area contributed by atoms with Crippen molar-refractivity contribution in [2.24, 2.45) is 0 Å². The van der Waals surface area contributed by atoms with Crippen LogP contribution in [0.15, 0.2) is 58.8 Å². The monoisotopic (exact) mass is 378 g/mol. The first-order chi connectivity index (χ1) is 12.0. The largest absolute Gasteiger partial charge is 0.497 e. The number of nitrogens with one attached hydrogen (secondary N) is 1. The highest BCUT2D eigenvalue weighted by Gasteiger charge is 2.18. The fourth-order valence-electron chi connectivity index (χ4n) is 2.16. The van der Waals surface area contributed by atoms with E-state index in [0.717, 1.165) is 22.4 Å². The number of halogens is 1. The molecule has 0 saturated carbocycles. The van der Waals surface area contributed by atoms with Crippen LogP contribution in [0.2, 0.25) is 0 Å². The molecule has 1 N–H and O–H groups in total. The molecule has 0 saturated heterocycles.